The molecule has 3 unspecified atom stereocenters. The van der Waals surface area contributed by atoms with Gasteiger partial charge in [0.1, 0.15) is 0 Å². The molecule has 1 nitrogen and oxygen atoms in total. The van der Waals surface area contributed by atoms with E-state index in [9.17, 15) is 0 Å². The SMILES string of the molecule is C/C1=C/CCC(C)C2OC2C1. The number of ether oxygens (including phenoxy) is 1. The minimum atomic E-state index is 0.571. The van der Waals surface area contributed by atoms with Gasteiger partial charge in [-0.2, -0.15) is 0 Å². The average Bonchev–Trinajstić information content (AvgIpc) is 2.64. The monoisotopic (exact) mass is 152 g/mol. The molecule has 1 aliphatic heterocycles. The van der Waals surface area contributed by atoms with Crippen molar-refractivity contribution in [2.45, 2.75) is 45.3 Å². The highest BCUT2D eigenvalue weighted by molar-refractivity contribution is 5.07. The molecule has 0 saturated carbocycles. The first-order valence-corrected chi connectivity index (χ1v) is 4.58. The molecule has 3 atom stereocenters. The molecule has 0 bridgehead atoms. The second-order valence-electron chi connectivity index (χ2n) is 3.95. The van der Waals surface area contributed by atoms with Gasteiger partial charge in [-0.15, -0.1) is 0 Å². The quantitative estimate of drug-likeness (QED) is 0.384. The average molecular weight is 152 g/mol. The summed E-state index contributed by atoms with van der Waals surface area (Å²) in [4.78, 5) is 0. The van der Waals surface area contributed by atoms with E-state index in [1.807, 2.05) is 0 Å². The molecule has 1 saturated heterocycles. The fourth-order valence-electron chi connectivity index (χ4n) is 1.98. The number of allylic oxidation sites excluding steroid dienone is 1. The summed E-state index contributed by atoms with van der Waals surface area (Å²) in [5.74, 6) is 0.782. The molecule has 2 rings (SSSR count). The normalized spacial score (nSPS) is 48.2. The number of fused-ring (bicyclic) bond motifs is 1. The number of epoxide rings is 1. The van der Waals surface area contributed by atoms with Gasteiger partial charge in [0.05, 0.1) is 12.2 Å². The third-order valence-electron chi connectivity index (χ3n) is 2.82. The van der Waals surface area contributed by atoms with E-state index in [4.69, 9.17) is 4.74 Å². The van der Waals surface area contributed by atoms with E-state index in [2.05, 4.69) is 19.9 Å². The third-order valence-corrected chi connectivity index (χ3v) is 2.82. The summed E-state index contributed by atoms with van der Waals surface area (Å²) in [6.45, 7) is 4.52. The van der Waals surface area contributed by atoms with Crippen molar-refractivity contribution < 1.29 is 4.74 Å². The van der Waals surface area contributed by atoms with Crippen LogP contribution in [-0.4, -0.2) is 12.2 Å². The van der Waals surface area contributed by atoms with Crippen molar-refractivity contribution in [1.29, 1.82) is 0 Å². The zero-order valence-corrected chi connectivity index (χ0v) is 7.34. The van der Waals surface area contributed by atoms with Crippen LogP contribution >= 0.6 is 0 Å². The first-order valence-electron chi connectivity index (χ1n) is 4.58. The molecule has 1 heteroatoms. The lowest BCUT2D eigenvalue weighted by Gasteiger charge is -2.09. The molecular formula is C10H16O. The molecular weight excluding hydrogens is 136 g/mol. The molecule has 1 aliphatic carbocycles. The van der Waals surface area contributed by atoms with Crippen molar-refractivity contribution >= 4 is 0 Å². The van der Waals surface area contributed by atoms with Gasteiger partial charge in [0.2, 0.25) is 0 Å². The molecule has 2 aliphatic rings. The maximum absolute atomic E-state index is 5.58. The van der Waals surface area contributed by atoms with Crippen LogP contribution in [0.1, 0.15) is 33.1 Å². The van der Waals surface area contributed by atoms with Gasteiger partial charge in [0.15, 0.2) is 0 Å². The molecule has 0 radical (unpaired) electrons. The minimum absolute atomic E-state index is 0.571. The van der Waals surface area contributed by atoms with Crippen molar-refractivity contribution in [2.24, 2.45) is 5.92 Å². The minimum Gasteiger partial charge on any atom is -0.369 e. The Balaban J connectivity index is 2.03. The van der Waals surface area contributed by atoms with Gasteiger partial charge in [-0.05, 0) is 32.1 Å². The van der Waals surface area contributed by atoms with Gasteiger partial charge in [-0.25, -0.2) is 0 Å². The smallest absolute Gasteiger partial charge is 0.0881 e. The van der Waals surface area contributed by atoms with E-state index in [-0.39, 0.29) is 0 Å². The fraction of sp³-hybridized carbons (Fsp3) is 0.800. The Bertz CT molecular complexity index is 183. The zero-order chi connectivity index (χ0) is 7.84. The summed E-state index contributed by atoms with van der Waals surface area (Å²) in [5, 5.41) is 0. The van der Waals surface area contributed by atoms with Crippen molar-refractivity contribution in [2.75, 3.05) is 0 Å². The highest BCUT2D eigenvalue weighted by atomic mass is 16.6. The second kappa shape index (κ2) is 2.63. The largest absolute Gasteiger partial charge is 0.369 e. The van der Waals surface area contributed by atoms with Crippen LogP contribution in [0.5, 0.6) is 0 Å². The van der Waals surface area contributed by atoms with E-state index >= 15 is 0 Å². The van der Waals surface area contributed by atoms with Crippen molar-refractivity contribution in [3.8, 4) is 0 Å². The molecule has 0 aromatic carbocycles. The lowest BCUT2D eigenvalue weighted by Crippen LogP contribution is -2.08. The van der Waals surface area contributed by atoms with Gasteiger partial charge in [0, 0.05) is 0 Å². The number of rotatable bonds is 0. The second-order valence-corrected chi connectivity index (χ2v) is 3.95. The highest BCUT2D eigenvalue weighted by Crippen LogP contribution is 2.37. The summed E-state index contributed by atoms with van der Waals surface area (Å²) >= 11 is 0. The van der Waals surface area contributed by atoms with Crippen LogP contribution in [0.3, 0.4) is 0 Å². The Labute approximate surface area is 68.4 Å². The first kappa shape index (κ1) is 7.35. The summed E-state index contributed by atoms with van der Waals surface area (Å²) < 4.78 is 5.58. The lowest BCUT2D eigenvalue weighted by atomic mass is 9.93. The molecule has 62 valence electrons. The summed E-state index contributed by atoms with van der Waals surface area (Å²) in [7, 11) is 0. The van der Waals surface area contributed by atoms with Crippen LogP contribution in [0.25, 0.3) is 0 Å². The molecule has 1 fully saturated rings. The molecule has 0 spiro atoms. The van der Waals surface area contributed by atoms with Crippen LogP contribution in [-0.2, 0) is 4.74 Å². The Hall–Kier alpha value is -0.300. The van der Waals surface area contributed by atoms with Gasteiger partial charge in [-0.1, -0.05) is 18.6 Å². The predicted octanol–water partition coefficient (Wildman–Crippen LogP) is 2.52. The first-order chi connectivity index (χ1) is 5.27. The summed E-state index contributed by atoms with van der Waals surface area (Å²) in [5.41, 5.74) is 1.52. The maximum Gasteiger partial charge on any atom is 0.0881 e. The topological polar surface area (TPSA) is 12.5 Å². The Morgan fingerprint density at radius 2 is 2.36 bits per heavy atom. The number of hydrogen-bond acceptors (Lipinski definition) is 1. The van der Waals surface area contributed by atoms with Crippen molar-refractivity contribution in [3.63, 3.8) is 0 Å². The van der Waals surface area contributed by atoms with Crippen LogP contribution in [0.15, 0.2) is 11.6 Å². The Kier molecular flexibility index (Phi) is 1.76. The zero-order valence-electron chi connectivity index (χ0n) is 7.34. The van der Waals surface area contributed by atoms with Crippen LogP contribution in [0, 0.1) is 5.92 Å². The van der Waals surface area contributed by atoms with E-state index < -0.39 is 0 Å². The van der Waals surface area contributed by atoms with Crippen LogP contribution < -0.4 is 0 Å². The van der Waals surface area contributed by atoms with Crippen molar-refractivity contribution in [1.82, 2.24) is 0 Å². The van der Waals surface area contributed by atoms with Crippen LogP contribution in [0.2, 0.25) is 0 Å². The van der Waals surface area contributed by atoms with E-state index in [1.54, 1.807) is 0 Å². The van der Waals surface area contributed by atoms with Gasteiger partial charge in [-0.3, -0.25) is 0 Å². The van der Waals surface area contributed by atoms with E-state index in [0.717, 1.165) is 5.92 Å². The molecule has 0 amide bonds. The van der Waals surface area contributed by atoms with Crippen molar-refractivity contribution in [3.05, 3.63) is 11.6 Å². The maximum atomic E-state index is 5.58. The molecule has 1 heterocycles. The Morgan fingerprint density at radius 3 is 3.18 bits per heavy atom. The summed E-state index contributed by atoms with van der Waals surface area (Å²) in [6.07, 6.45) is 7.27. The van der Waals surface area contributed by atoms with E-state index in [1.165, 1.54) is 24.8 Å². The summed E-state index contributed by atoms with van der Waals surface area (Å²) in [6, 6.07) is 0. The number of hydrogen-bond donors (Lipinski definition) is 0. The fourth-order valence-corrected chi connectivity index (χ4v) is 1.98. The molecule has 11 heavy (non-hydrogen) atoms. The standard InChI is InChI=1S/C10H16O/c1-7-4-3-5-8(2)10-9(6-7)11-10/h4,8-10H,3,5-6H2,1-2H3/b7-4-. The predicted molar refractivity (Wildman–Crippen MR) is 45.4 cm³/mol. The molecule has 0 aromatic rings. The van der Waals surface area contributed by atoms with Crippen LogP contribution in [0.4, 0.5) is 0 Å². The van der Waals surface area contributed by atoms with E-state index in [0.29, 0.717) is 12.2 Å². The van der Waals surface area contributed by atoms with Gasteiger partial charge < -0.3 is 4.74 Å². The van der Waals surface area contributed by atoms with Gasteiger partial charge in [0.25, 0.3) is 0 Å². The highest BCUT2D eigenvalue weighted by Gasteiger charge is 2.42. The lowest BCUT2D eigenvalue weighted by molar-refractivity contribution is 0.319. The van der Waals surface area contributed by atoms with Gasteiger partial charge >= 0.3 is 0 Å². The third kappa shape index (κ3) is 1.48. The molecule has 0 aromatic heterocycles. The Morgan fingerprint density at radius 1 is 1.55 bits per heavy atom. The molecule has 0 N–H and O–H groups in total.